The van der Waals surface area contributed by atoms with Crippen molar-refractivity contribution in [3.8, 4) is 0 Å². The Morgan fingerprint density at radius 2 is 1.45 bits per heavy atom. The fourth-order valence-electron chi connectivity index (χ4n) is 2.87. The van der Waals surface area contributed by atoms with Gasteiger partial charge in [-0.3, -0.25) is 9.59 Å². The van der Waals surface area contributed by atoms with Crippen LogP contribution in [0.4, 0.5) is 5.69 Å². The molecule has 158 valence electrons. The molecule has 0 fully saturated rings. The summed E-state index contributed by atoms with van der Waals surface area (Å²) in [6, 6.07) is 18.0. The Balaban J connectivity index is 1.75. The Labute approximate surface area is 189 Å². The zero-order valence-corrected chi connectivity index (χ0v) is 18.3. The highest BCUT2D eigenvalue weighted by atomic mass is 35.5. The van der Waals surface area contributed by atoms with Crippen LogP contribution < -0.4 is 5.32 Å². The van der Waals surface area contributed by atoms with Crippen LogP contribution in [0, 0.1) is 6.92 Å². The number of nitrogens with one attached hydrogen (secondary N) is 1. The van der Waals surface area contributed by atoms with Crippen LogP contribution in [0.2, 0.25) is 10.0 Å². The van der Waals surface area contributed by atoms with Gasteiger partial charge in [-0.1, -0.05) is 71.2 Å². The van der Waals surface area contributed by atoms with E-state index in [1.165, 1.54) is 31.2 Å². The maximum atomic E-state index is 12.9. The van der Waals surface area contributed by atoms with Crippen molar-refractivity contribution >= 4 is 46.5 Å². The third-order valence-corrected chi connectivity index (χ3v) is 4.92. The number of benzene rings is 3. The Bertz CT molecular complexity index is 1120. The predicted octanol–water partition coefficient (Wildman–Crippen LogP) is 5.72. The number of esters is 1. The highest BCUT2D eigenvalue weighted by Crippen LogP contribution is 2.23. The molecule has 1 amide bonds. The van der Waals surface area contributed by atoms with Crippen LogP contribution in [0.3, 0.4) is 0 Å². The molecule has 1 N–H and O–H groups in total. The van der Waals surface area contributed by atoms with Gasteiger partial charge in [-0.2, -0.15) is 0 Å². The first-order chi connectivity index (χ1) is 14.7. The van der Waals surface area contributed by atoms with Gasteiger partial charge in [0.1, 0.15) is 0 Å². The molecule has 0 aromatic heterocycles. The van der Waals surface area contributed by atoms with E-state index in [1.807, 2.05) is 19.1 Å². The van der Waals surface area contributed by atoms with E-state index in [-0.39, 0.29) is 16.9 Å². The second-order valence-electron chi connectivity index (χ2n) is 6.94. The summed E-state index contributed by atoms with van der Waals surface area (Å²) in [5.41, 5.74) is 2.13. The molecule has 0 saturated heterocycles. The molecule has 31 heavy (non-hydrogen) atoms. The maximum Gasteiger partial charge on any atom is 0.339 e. The zero-order chi connectivity index (χ0) is 22.5. The smallest absolute Gasteiger partial charge is 0.339 e. The quantitative estimate of drug-likeness (QED) is 0.381. The van der Waals surface area contributed by atoms with E-state index < -0.39 is 18.0 Å². The SMILES string of the molecule is Cc1ccc(C(=O)c2ccccc2C(=O)OC(C)C(=O)Nc2cc(Cl)cc(Cl)c2)cc1. The van der Waals surface area contributed by atoms with E-state index in [0.717, 1.165) is 5.56 Å². The number of hydrogen-bond donors (Lipinski definition) is 1. The first-order valence-electron chi connectivity index (χ1n) is 9.43. The topological polar surface area (TPSA) is 72.5 Å². The van der Waals surface area contributed by atoms with Crippen molar-refractivity contribution < 1.29 is 19.1 Å². The van der Waals surface area contributed by atoms with Crippen LogP contribution in [-0.2, 0) is 9.53 Å². The van der Waals surface area contributed by atoms with E-state index in [4.69, 9.17) is 27.9 Å². The van der Waals surface area contributed by atoms with Gasteiger partial charge in [-0.25, -0.2) is 4.79 Å². The lowest BCUT2D eigenvalue weighted by molar-refractivity contribution is -0.123. The molecule has 3 aromatic rings. The van der Waals surface area contributed by atoms with Gasteiger partial charge in [0.2, 0.25) is 0 Å². The summed E-state index contributed by atoms with van der Waals surface area (Å²) in [6.45, 7) is 3.35. The summed E-state index contributed by atoms with van der Waals surface area (Å²) in [4.78, 5) is 38.1. The molecular weight excluding hydrogens is 437 g/mol. The number of hydrogen-bond acceptors (Lipinski definition) is 4. The van der Waals surface area contributed by atoms with Gasteiger partial charge in [-0.15, -0.1) is 0 Å². The van der Waals surface area contributed by atoms with Gasteiger partial charge in [0.25, 0.3) is 5.91 Å². The van der Waals surface area contributed by atoms with Crippen LogP contribution in [0.1, 0.15) is 38.8 Å². The number of ether oxygens (including phenoxy) is 1. The summed E-state index contributed by atoms with van der Waals surface area (Å²) in [5, 5.41) is 3.31. The Morgan fingerprint density at radius 3 is 2.06 bits per heavy atom. The van der Waals surface area contributed by atoms with Crippen molar-refractivity contribution in [2.75, 3.05) is 5.32 Å². The Kier molecular flexibility index (Phi) is 7.10. The fraction of sp³-hybridized carbons (Fsp3) is 0.125. The van der Waals surface area contributed by atoms with Gasteiger partial charge >= 0.3 is 5.97 Å². The lowest BCUT2D eigenvalue weighted by atomic mass is 9.98. The minimum atomic E-state index is -1.12. The number of halogens is 2. The first kappa shape index (κ1) is 22.5. The largest absolute Gasteiger partial charge is 0.449 e. The third-order valence-electron chi connectivity index (χ3n) is 4.49. The monoisotopic (exact) mass is 455 g/mol. The van der Waals surface area contributed by atoms with E-state index in [1.54, 1.807) is 30.3 Å². The van der Waals surface area contributed by atoms with Crippen LogP contribution in [0.15, 0.2) is 66.7 Å². The van der Waals surface area contributed by atoms with Crippen LogP contribution in [0.25, 0.3) is 0 Å². The molecule has 0 aliphatic heterocycles. The zero-order valence-electron chi connectivity index (χ0n) is 16.8. The molecule has 0 aliphatic rings. The molecule has 0 saturated carbocycles. The van der Waals surface area contributed by atoms with Crippen molar-refractivity contribution in [3.05, 3.63) is 99.0 Å². The van der Waals surface area contributed by atoms with Crippen molar-refractivity contribution in [1.29, 1.82) is 0 Å². The van der Waals surface area contributed by atoms with Crippen LogP contribution in [-0.4, -0.2) is 23.8 Å². The molecule has 0 radical (unpaired) electrons. The Hall–Kier alpha value is -3.15. The third kappa shape index (κ3) is 5.72. The number of anilines is 1. The highest BCUT2D eigenvalue weighted by Gasteiger charge is 2.23. The number of carbonyl (C=O) groups is 3. The molecule has 3 rings (SSSR count). The van der Waals surface area contributed by atoms with Crippen LogP contribution in [0.5, 0.6) is 0 Å². The number of amides is 1. The minimum Gasteiger partial charge on any atom is -0.449 e. The molecule has 5 nitrogen and oxygen atoms in total. The van der Waals surface area contributed by atoms with Crippen molar-refractivity contribution in [2.45, 2.75) is 20.0 Å². The lowest BCUT2D eigenvalue weighted by Crippen LogP contribution is -2.30. The van der Waals surface area contributed by atoms with Crippen LogP contribution >= 0.6 is 23.2 Å². The molecule has 0 bridgehead atoms. The second kappa shape index (κ2) is 9.77. The van der Waals surface area contributed by atoms with Gasteiger partial charge in [-0.05, 0) is 38.1 Å². The van der Waals surface area contributed by atoms with Gasteiger partial charge in [0, 0.05) is 26.9 Å². The summed E-state index contributed by atoms with van der Waals surface area (Å²) in [6.07, 6.45) is -1.12. The molecule has 0 aliphatic carbocycles. The predicted molar refractivity (Wildman–Crippen MR) is 121 cm³/mol. The number of ketones is 1. The standard InChI is InChI=1S/C24H19Cl2NO4/c1-14-7-9-16(10-8-14)22(28)20-5-3-4-6-21(20)24(30)31-15(2)23(29)27-19-12-17(25)11-18(26)13-19/h3-13,15H,1-2H3,(H,27,29). The highest BCUT2D eigenvalue weighted by molar-refractivity contribution is 6.35. The summed E-state index contributed by atoms with van der Waals surface area (Å²) in [7, 11) is 0. The molecule has 1 unspecified atom stereocenters. The normalized spacial score (nSPS) is 11.5. The van der Waals surface area contributed by atoms with Gasteiger partial charge < -0.3 is 10.1 Å². The number of aryl methyl sites for hydroxylation is 1. The molecule has 3 aromatic carbocycles. The number of rotatable bonds is 6. The molecule has 0 spiro atoms. The maximum absolute atomic E-state index is 12.9. The second-order valence-corrected chi connectivity index (χ2v) is 7.81. The van der Waals surface area contributed by atoms with Gasteiger partial charge in [0.05, 0.1) is 5.56 Å². The van der Waals surface area contributed by atoms with E-state index >= 15 is 0 Å². The summed E-state index contributed by atoms with van der Waals surface area (Å²) >= 11 is 11.9. The van der Waals surface area contributed by atoms with E-state index in [2.05, 4.69) is 5.32 Å². The van der Waals surface area contributed by atoms with E-state index in [0.29, 0.717) is 21.3 Å². The molecular formula is C24H19Cl2NO4. The average molecular weight is 456 g/mol. The van der Waals surface area contributed by atoms with E-state index in [9.17, 15) is 14.4 Å². The van der Waals surface area contributed by atoms with Crippen molar-refractivity contribution in [2.24, 2.45) is 0 Å². The molecule has 0 heterocycles. The van der Waals surface area contributed by atoms with Crippen molar-refractivity contribution in [3.63, 3.8) is 0 Å². The lowest BCUT2D eigenvalue weighted by Gasteiger charge is -2.15. The minimum absolute atomic E-state index is 0.0820. The molecule has 7 heteroatoms. The number of carbonyl (C=O) groups excluding carboxylic acids is 3. The summed E-state index contributed by atoms with van der Waals surface area (Å²) < 4.78 is 5.31. The summed E-state index contributed by atoms with van der Waals surface area (Å²) in [5.74, 6) is -1.64. The average Bonchev–Trinajstić information content (AvgIpc) is 2.73. The first-order valence-corrected chi connectivity index (χ1v) is 10.2. The molecule has 1 atom stereocenters. The fourth-order valence-corrected chi connectivity index (χ4v) is 3.39. The van der Waals surface area contributed by atoms with Gasteiger partial charge in [0.15, 0.2) is 11.9 Å². The van der Waals surface area contributed by atoms with Crippen molar-refractivity contribution in [1.82, 2.24) is 0 Å². The Morgan fingerprint density at radius 1 is 0.871 bits per heavy atom.